The molecule has 6 heteroatoms. The first-order valence-corrected chi connectivity index (χ1v) is 7.76. The molecule has 1 aliphatic rings. The molecule has 0 aromatic heterocycles. The second kappa shape index (κ2) is 6.65. The average Bonchev–Trinajstić information content (AvgIpc) is 2.48. The summed E-state index contributed by atoms with van der Waals surface area (Å²) in [7, 11) is 0. The van der Waals surface area contributed by atoms with Crippen molar-refractivity contribution in [2.24, 2.45) is 0 Å². The zero-order valence-electron chi connectivity index (χ0n) is 13.0. The summed E-state index contributed by atoms with van der Waals surface area (Å²) >= 11 is 6.06. The summed E-state index contributed by atoms with van der Waals surface area (Å²) in [5, 5.41) is 0.270. The Morgan fingerprint density at radius 2 is 2.05 bits per heavy atom. The van der Waals surface area contributed by atoms with Crippen molar-refractivity contribution in [2.45, 2.75) is 39.8 Å². The Hall–Kier alpha value is -1.62. The molecule has 2 rings (SSSR count). The van der Waals surface area contributed by atoms with E-state index in [0.29, 0.717) is 12.1 Å². The molecule has 0 saturated carbocycles. The molecule has 1 aromatic carbocycles. The molecule has 0 unspecified atom stereocenters. The smallest absolute Gasteiger partial charge is 0.245 e. The predicted octanol–water partition coefficient (Wildman–Crippen LogP) is 2.76. The number of amides is 2. The number of carbonyl (C=O) groups excluding carboxylic acids is 2. The Morgan fingerprint density at radius 3 is 2.68 bits per heavy atom. The third kappa shape index (κ3) is 3.09. The maximum atomic E-state index is 14.2. The highest BCUT2D eigenvalue weighted by molar-refractivity contribution is 6.31. The fourth-order valence-corrected chi connectivity index (χ4v) is 2.87. The molecule has 0 radical (unpaired) electrons. The van der Waals surface area contributed by atoms with Gasteiger partial charge in [0.05, 0.1) is 13.1 Å². The van der Waals surface area contributed by atoms with Crippen molar-refractivity contribution in [1.29, 1.82) is 0 Å². The Balaban J connectivity index is 2.25. The minimum Gasteiger partial charge on any atom is -0.332 e. The monoisotopic (exact) mass is 326 g/mol. The van der Waals surface area contributed by atoms with Crippen molar-refractivity contribution in [3.63, 3.8) is 0 Å². The van der Waals surface area contributed by atoms with Crippen molar-refractivity contribution < 1.29 is 14.0 Å². The second-order valence-corrected chi connectivity index (χ2v) is 6.02. The Labute approximate surface area is 134 Å². The van der Waals surface area contributed by atoms with Gasteiger partial charge in [-0.1, -0.05) is 24.6 Å². The second-order valence-electron chi connectivity index (χ2n) is 5.61. The van der Waals surface area contributed by atoms with Crippen LogP contribution in [0.15, 0.2) is 12.1 Å². The molecule has 1 atom stereocenters. The van der Waals surface area contributed by atoms with Crippen LogP contribution in [0.4, 0.5) is 4.39 Å². The Kier molecular flexibility index (Phi) is 5.06. The molecular formula is C16H20ClFN2O2. The maximum Gasteiger partial charge on any atom is 0.245 e. The van der Waals surface area contributed by atoms with E-state index in [-0.39, 0.29) is 35.5 Å². The molecule has 2 amide bonds. The average molecular weight is 327 g/mol. The van der Waals surface area contributed by atoms with Crippen LogP contribution in [0.25, 0.3) is 0 Å². The number of rotatable bonds is 4. The summed E-state index contributed by atoms with van der Waals surface area (Å²) in [6.45, 7) is 5.88. The van der Waals surface area contributed by atoms with Crippen LogP contribution < -0.4 is 0 Å². The van der Waals surface area contributed by atoms with E-state index in [0.717, 1.165) is 6.42 Å². The van der Waals surface area contributed by atoms with Crippen LogP contribution >= 0.6 is 11.6 Å². The molecule has 1 saturated heterocycles. The Morgan fingerprint density at radius 1 is 1.36 bits per heavy atom. The normalized spacial score (nSPS) is 19.0. The van der Waals surface area contributed by atoms with Crippen LogP contribution in [-0.2, 0) is 16.1 Å². The van der Waals surface area contributed by atoms with Crippen molar-refractivity contribution in [3.8, 4) is 0 Å². The first-order chi connectivity index (χ1) is 10.4. The van der Waals surface area contributed by atoms with Gasteiger partial charge < -0.3 is 9.80 Å². The van der Waals surface area contributed by atoms with Gasteiger partial charge in [0.1, 0.15) is 11.9 Å². The number of piperazine rings is 1. The fraction of sp³-hybridized carbons (Fsp3) is 0.500. The van der Waals surface area contributed by atoms with Gasteiger partial charge in [0.15, 0.2) is 0 Å². The van der Waals surface area contributed by atoms with E-state index in [9.17, 15) is 14.0 Å². The van der Waals surface area contributed by atoms with Gasteiger partial charge >= 0.3 is 0 Å². The fourth-order valence-electron chi connectivity index (χ4n) is 2.66. The largest absolute Gasteiger partial charge is 0.332 e. The van der Waals surface area contributed by atoms with Crippen molar-refractivity contribution >= 4 is 23.4 Å². The number of hydrogen-bond donors (Lipinski definition) is 0. The molecule has 120 valence electrons. The van der Waals surface area contributed by atoms with Gasteiger partial charge in [0.2, 0.25) is 11.8 Å². The van der Waals surface area contributed by atoms with Gasteiger partial charge in [-0.05, 0) is 31.9 Å². The summed E-state index contributed by atoms with van der Waals surface area (Å²) in [5.74, 6) is -0.709. The van der Waals surface area contributed by atoms with Gasteiger partial charge in [0, 0.05) is 17.1 Å². The van der Waals surface area contributed by atoms with E-state index in [2.05, 4.69) is 0 Å². The van der Waals surface area contributed by atoms with Crippen LogP contribution in [0, 0.1) is 12.7 Å². The molecule has 0 spiro atoms. The zero-order chi connectivity index (χ0) is 16.4. The van der Waals surface area contributed by atoms with E-state index in [4.69, 9.17) is 11.6 Å². The van der Waals surface area contributed by atoms with Crippen LogP contribution in [-0.4, -0.2) is 40.7 Å². The molecule has 1 aliphatic heterocycles. The number of benzene rings is 1. The van der Waals surface area contributed by atoms with Crippen molar-refractivity contribution in [2.75, 3.05) is 13.1 Å². The summed E-state index contributed by atoms with van der Waals surface area (Å²) < 4.78 is 14.2. The third-order valence-electron chi connectivity index (χ3n) is 3.98. The number of halogens is 2. The van der Waals surface area contributed by atoms with Crippen LogP contribution in [0.3, 0.4) is 0 Å². The number of aryl methyl sites for hydroxylation is 1. The lowest BCUT2D eigenvalue weighted by Gasteiger charge is -2.39. The van der Waals surface area contributed by atoms with E-state index in [1.807, 2.05) is 6.92 Å². The van der Waals surface area contributed by atoms with Crippen LogP contribution in [0.1, 0.15) is 31.4 Å². The predicted molar refractivity (Wildman–Crippen MR) is 83.0 cm³/mol. The van der Waals surface area contributed by atoms with E-state index >= 15 is 0 Å². The minimum atomic E-state index is -0.608. The van der Waals surface area contributed by atoms with Gasteiger partial charge in [-0.2, -0.15) is 0 Å². The first kappa shape index (κ1) is 16.7. The molecule has 22 heavy (non-hydrogen) atoms. The summed E-state index contributed by atoms with van der Waals surface area (Å²) in [5.41, 5.74) is 0.731. The molecular weight excluding hydrogens is 307 g/mol. The molecule has 0 aliphatic carbocycles. The number of carbonyl (C=O) groups is 2. The first-order valence-electron chi connectivity index (χ1n) is 7.38. The van der Waals surface area contributed by atoms with Crippen molar-refractivity contribution in [3.05, 3.63) is 34.1 Å². The van der Waals surface area contributed by atoms with Gasteiger partial charge in [-0.15, -0.1) is 0 Å². The Bertz CT molecular complexity index is 606. The summed E-state index contributed by atoms with van der Waals surface area (Å²) in [4.78, 5) is 27.6. The van der Waals surface area contributed by atoms with Gasteiger partial charge in [-0.3, -0.25) is 9.59 Å². The highest BCUT2D eigenvalue weighted by Crippen LogP contribution is 2.25. The van der Waals surface area contributed by atoms with E-state index in [1.54, 1.807) is 30.9 Å². The van der Waals surface area contributed by atoms with Crippen molar-refractivity contribution in [1.82, 2.24) is 9.80 Å². The quantitative estimate of drug-likeness (QED) is 0.853. The van der Waals surface area contributed by atoms with Crippen LogP contribution in [0.5, 0.6) is 0 Å². The lowest BCUT2D eigenvalue weighted by Crippen LogP contribution is -2.58. The highest BCUT2D eigenvalue weighted by atomic mass is 35.5. The summed E-state index contributed by atoms with van der Waals surface area (Å²) in [6, 6.07) is 2.60. The number of hydrogen-bond acceptors (Lipinski definition) is 2. The van der Waals surface area contributed by atoms with E-state index < -0.39 is 11.9 Å². The molecule has 0 bridgehead atoms. The van der Waals surface area contributed by atoms with Gasteiger partial charge in [-0.25, -0.2) is 4.39 Å². The maximum absolute atomic E-state index is 14.2. The topological polar surface area (TPSA) is 40.6 Å². The van der Waals surface area contributed by atoms with Gasteiger partial charge in [0.25, 0.3) is 0 Å². The zero-order valence-corrected chi connectivity index (χ0v) is 13.8. The molecule has 4 nitrogen and oxygen atoms in total. The SMILES string of the molecule is CCCN1CC(=O)N(Cc2c(Cl)ccc(C)c2F)[C@H](C)C1=O. The molecule has 1 fully saturated rings. The van der Waals surface area contributed by atoms with Crippen LogP contribution in [0.2, 0.25) is 5.02 Å². The number of nitrogens with zero attached hydrogens (tertiary/aromatic N) is 2. The molecule has 0 N–H and O–H groups in total. The standard InChI is InChI=1S/C16H20ClFN2O2/c1-4-7-19-9-14(21)20(11(3)16(19)22)8-12-13(17)6-5-10(2)15(12)18/h5-6,11H,4,7-9H2,1-3H3/t11-/m1/s1. The van der Waals surface area contributed by atoms with E-state index in [1.165, 1.54) is 4.90 Å². The lowest BCUT2D eigenvalue weighted by atomic mass is 10.1. The molecule has 1 heterocycles. The highest BCUT2D eigenvalue weighted by Gasteiger charge is 2.36. The summed E-state index contributed by atoms with van der Waals surface area (Å²) in [6.07, 6.45) is 0.796. The lowest BCUT2D eigenvalue weighted by molar-refractivity contribution is -0.155. The minimum absolute atomic E-state index is 0.0120. The molecule has 1 aromatic rings. The third-order valence-corrected chi connectivity index (χ3v) is 4.34.